The van der Waals surface area contributed by atoms with Crippen molar-refractivity contribution in [3.63, 3.8) is 0 Å². The molecule has 0 aromatic carbocycles. The topological polar surface area (TPSA) is 42.7 Å². The summed E-state index contributed by atoms with van der Waals surface area (Å²) >= 11 is 0. The maximum atomic E-state index is 4.30. The first-order valence-electron chi connectivity index (χ1n) is 6.19. The summed E-state index contributed by atoms with van der Waals surface area (Å²) in [6.07, 6.45) is 2.19. The lowest BCUT2D eigenvalue weighted by Crippen LogP contribution is -2.17. The molecule has 0 bridgehead atoms. The number of aromatic nitrogens is 3. The molecule has 1 rings (SSSR count). The molecule has 0 spiro atoms. The van der Waals surface area contributed by atoms with Crippen LogP contribution in [0.5, 0.6) is 0 Å². The van der Waals surface area contributed by atoms with Crippen LogP contribution in [0.25, 0.3) is 0 Å². The van der Waals surface area contributed by atoms with Gasteiger partial charge >= 0.3 is 0 Å². The van der Waals surface area contributed by atoms with Crippen LogP contribution in [-0.2, 0) is 13.0 Å². The van der Waals surface area contributed by atoms with Gasteiger partial charge in [0, 0.05) is 6.54 Å². The van der Waals surface area contributed by atoms with Gasteiger partial charge in [0.2, 0.25) is 0 Å². The fourth-order valence-corrected chi connectivity index (χ4v) is 1.76. The van der Waals surface area contributed by atoms with Crippen LogP contribution in [0.1, 0.15) is 51.5 Å². The van der Waals surface area contributed by atoms with E-state index in [2.05, 4.69) is 48.0 Å². The van der Waals surface area contributed by atoms with E-state index in [0.29, 0.717) is 12.0 Å². The fraction of sp³-hybridized carbons (Fsp3) is 0.833. The number of nitrogens with zero attached hydrogens (tertiary/aromatic N) is 3. The zero-order chi connectivity index (χ0) is 12.1. The van der Waals surface area contributed by atoms with E-state index >= 15 is 0 Å². The van der Waals surface area contributed by atoms with Crippen molar-refractivity contribution in [2.24, 2.45) is 5.92 Å². The molecule has 1 unspecified atom stereocenters. The quantitative estimate of drug-likeness (QED) is 0.805. The van der Waals surface area contributed by atoms with E-state index in [9.17, 15) is 0 Å². The lowest BCUT2D eigenvalue weighted by atomic mass is 10.1. The minimum Gasteiger partial charge on any atom is -0.314 e. The molecule has 1 aromatic rings. The standard InChI is InChI=1S/C12H24N4/c1-6-7-12-11(8-13-5)14-15-16(12)10(4)9(2)3/h9-10,13H,6-8H2,1-5H3. The average molecular weight is 224 g/mol. The van der Waals surface area contributed by atoms with E-state index in [-0.39, 0.29) is 0 Å². The molecule has 0 aliphatic heterocycles. The normalized spacial score (nSPS) is 13.4. The van der Waals surface area contributed by atoms with Crippen molar-refractivity contribution in [2.45, 2.75) is 53.1 Å². The molecule has 4 heteroatoms. The molecule has 16 heavy (non-hydrogen) atoms. The predicted octanol–water partition coefficient (Wildman–Crippen LogP) is 2.17. The van der Waals surface area contributed by atoms with Crippen LogP contribution < -0.4 is 5.32 Å². The van der Waals surface area contributed by atoms with Crippen molar-refractivity contribution in [1.82, 2.24) is 20.3 Å². The maximum absolute atomic E-state index is 4.30. The highest BCUT2D eigenvalue weighted by atomic mass is 15.4. The van der Waals surface area contributed by atoms with Gasteiger partial charge in [0.1, 0.15) is 0 Å². The predicted molar refractivity (Wildman–Crippen MR) is 66.3 cm³/mol. The molecule has 0 saturated heterocycles. The van der Waals surface area contributed by atoms with Crippen LogP contribution in [0.15, 0.2) is 0 Å². The van der Waals surface area contributed by atoms with Gasteiger partial charge in [-0.2, -0.15) is 0 Å². The maximum Gasteiger partial charge on any atom is 0.0996 e. The number of rotatable bonds is 6. The smallest absolute Gasteiger partial charge is 0.0996 e. The molecule has 0 radical (unpaired) electrons. The van der Waals surface area contributed by atoms with Crippen LogP contribution in [-0.4, -0.2) is 22.0 Å². The van der Waals surface area contributed by atoms with Gasteiger partial charge in [-0.25, -0.2) is 4.68 Å². The SMILES string of the molecule is CCCc1c(CNC)nnn1C(C)C(C)C. The molecule has 0 aliphatic carbocycles. The molecule has 0 aliphatic rings. The number of hydrogen-bond donors (Lipinski definition) is 1. The largest absolute Gasteiger partial charge is 0.314 e. The van der Waals surface area contributed by atoms with E-state index in [1.165, 1.54) is 5.69 Å². The number of hydrogen-bond acceptors (Lipinski definition) is 3. The van der Waals surface area contributed by atoms with Crippen LogP contribution in [0, 0.1) is 5.92 Å². The van der Waals surface area contributed by atoms with Gasteiger partial charge in [0.15, 0.2) is 0 Å². The summed E-state index contributed by atoms with van der Waals surface area (Å²) in [5.74, 6) is 0.583. The summed E-state index contributed by atoms with van der Waals surface area (Å²) in [6, 6.07) is 0.416. The first kappa shape index (κ1) is 13.2. The second-order valence-corrected chi connectivity index (χ2v) is 4.69. The summed E-state index contributed by atoms with van der Waals surface area (Å²) in [5.41, 5.74) is 2.38. The minimum atomic E-state index is 0.416. The molecule has 1 N–H and O–H groups in total. The lowest BCUT2D eigenvalue weighted by Gasteiger charge is -2.18. The molecule has 1 aromatic heterocycles. The van der Waals surface area contributed by atoms with Crippen molar-refractivity contribution in [3.8, 4) is 0 Å². The van der Waals surface area contributed by atoms with Crippen LogP contribution in [0.3, 0.4) is 0 Å². The Morgan fingerprint density at radius 1 is 1.31 bits per heavy atom. The van der Waals surface area contributed by atoms with E-state index in [1.807, 2.05) is 7.05 Å². The Bertz CT molecular complexity index is 317. The van der Waals surface area contributed by atoms with Gasteiger partial charge in [-0.1, -0.05) is 32.4 Å². The van der Waals surface area contributed by atoms with E-state index in [0.717, 1.165) is 25.1 Å². The van der Waals surface area contributed by atoms with Crippen molar-refractivity contribution in [3.05, 3.63) is 11.4 Å². The van der Waals surface area contributed by atoms with E-state index < -0.39 is 0 Å². The van der Waals surface area contributed by atoms with Crippen LogP contribution >= 0.6 is 0 Å². The van der Waals surface area contributed by atoms with Crippen molar-refractivity contribution in [2.75, 3.05) is 7.05 Å². The summed E-state index contributed by atoms with van der Waals surface area (Å²) < 4.78 is 2.10. The molecule has 92 valence electrons. The van der Waals surface area contributed by atoms with Crippen molar-refractivity contribution >= 4 is 0 Å². The summed E-state index contributed by atoms with van der Waals surface area (Å²) in [4.78, 5) is 0. The molecular formula is C12H24N4. The average Bonchev–Trinajstić information content (AvgIpc) is 2.62. The second-order valence-electron chi connectivity index (χ2n) is 4.69. The van der Waals surface area contributed by atoms with Gasteiger partial charge in [0.05, 0.1) is 17.4 Å². The fourth-order valence-electron chi connectivity index (χ4n) is 1.76. The van der Waals surface area contributed by atoms with Crippen LogP contribution in [0.4, 0.5) is 0 Å². The Morgan fingerprint density at radius 2 is 2.00 bits per heavy atom. The second kappa shape index (κ2) is 5.99. The summed E-state index contributed by atoms with van der Waals surface area (Å²) in [6.45, 7) is 9.65. The monoisotopic (exact) mass is 224 g/mol. The Hall–Kier alpha value is -0.900. The Labute approximate surface area is 98.4 Å². The third-order valence-corrected chi connectivity index (χ3v) is 3.05. The van der Waals surface area contributed by atoms with Gasteiger partial charge in [0.25, 0.3) is 0 Å². The van der Waals surface area contributed by atoms with Gasteiger partial charge in [-0.3, -0.25) is 0 Å². The van der Waals surface area contributed by atoms with Gasteiger partial charge in [-0.15, -0.1) is 5.10 Å². The molecule has 0 saturated carbocycles. The molecule has 1 heterocycles. The lowest BCUT2D eigenvalue weighted by molar-refractivity contribution is 0.357. The molecular weight excluding hydrogens is 200 g/mol. The van der Waals surface area contributed by atoms with E-state index in [4.69, 9.17) is 0 Å². The van der Waals surface area contributed by atoms with E-state index in [1.54, 1.807) is 0 Å². The Morgan fingerprint density at radius 3 is 2.50 bits per heavy atom. The summed E-state index contributed by atoms with van der Waals surface area (Å²) in [7, 11) is 1.95. The summed E-state index contributed by atoms with van der Waals surface area (Å²) in [5, 5.41) is 11.7. The van der Waals surface area contributed by atoms with Crippen molar-refractivity contribution < 1.29 is 0 Å². The molecule has 1 atom stereocenters. The zero-order valence-electron chi connectivity index (χ0n) is 11.1. The third kappa shape index (κ3) is 2.82. The van der Waals surface area contributed by atoms with Crippen LogP contribution in [0.2, 0.25) is 0 Å². The Kier molecular flexibility index (Phi) is 4.93. The first-order valence-corrected chi connectivity index (χ1v) is 6.19. The molecule has 0 amide bonds. The number of nitrogens with one attached hydrogen (secondary N) is 1. The third-order valence-electron chi connectivity index (χ3n) is 3.05. The highest BCUT2D eigenvalue weighted by molar-refractivity contribution is 5.11. The van der Waals surface area contributed by atoms with Gasteiger partial charge in [-0.05, 0) is 26.3 Å². The minimum absolute atomic E-state index is 0.416. The highest BCUT2D eigenvalue weighted by Crippen LogP contribution is 2.20. The van der Waals surface area contributed by atoms with Crippen molar-refractivity contribution in [1.29, 1.82) is 0 Å². The Balaban J connectivity index is 2.99. The molecule has 4 nitrogen and oxygen atoms in total. The van der Waals surface area contributed by atoms with Gasteiger partial charge < -0.3 is 5.32 Å². The highest BCUT2D eigenvalue weighted by Gasteiger charge is 2.18. The zero-order valence-corrected chi connectivity index (χ0v) is 11.1. The first-order chi connectivity index (χ1) is 7.61. The molecule has 0 fully saturated rings.